The van der Waals surface area contributed by atoms with Crippen molar-refractivity contribution in [2.75, 3.05) is 0 Å². The van der Waals surface area contributed by atoms with E-state index in [2.05, 4.69) is 59.9 Å². The third kappa shape index (κ3) is 4.35. The van der Waals surface area contributed by atoms with E-state index < -0.39 is 0 Å². The number of Topliss-reactive ketones (excluding diaryl/α,β-unsaturated/α-hetero) is 1. The Morgan fingerprint density at radius 1 is 1.03 bits per heavy atom. The van der Waals surface area contributed by atoms with Crippen molar-refractivity contribution in [3.63, 3.8) is 0 Å². The van der Waals surface area contributed by atoms with Crippen molar-refractivity contribution in [2.45, 2.75) is 83.9 Å². The summed E-state index contributed by atoms with van der Waals surface area (Å²) in [5, 5.41) is 12.6. The van der Waals surface area contributed by atoms with Crippen molar-refractivity contribution in [1.82, 2.24) is 4.57 Å². The first-order valence-corrected chi connectivity index (χ1v) is 14.8. The number of ketones is 1. The highest BCUT2D eigenvalue weighted by Gasteiger charge is 2.60. The summed E-state index contributed by atoms with van der Waals surface area (Å²) in [5.41, 5.74) is 2.93. The first kappa shape index (κ1) is 27.0. The van der Waals surface area contributed by atoms with Gasteiger partial charge in [0.25, 0.3) is 0 Å². The van der Waals surface area contributed by atoms with E-state index in [0.29, 0.717) is 23.4 Å². The molecule has 4 aliphatic rings. The molecule has 1 heterocycles. The lowest BCUT2D eigenvalue weighted by Crippen LogP contribution is -3.00. The van der Waals surface area contributed by atoms with Crippen LogP contribution in [0.1, 0.15) is 81.6 Å². The Bertz CT molecular complexity index is 1430. The van der Waals surface area contributed by atoms with Crippen molar-refractivity contribution in [1.29, 1.82) is 0 Å². The molecule has 0 bridgehead atoms. The molecule has 7 atom stereocenters. The van der Waals surface area contributed by atoms with E-state index in [9.17, 15) is 9.90 Å². The molecule has 4 nitrogen and oxygen atoms in total. The zero-order valence-electron chi connectivity index (χ0n) is 23.2. The highest BCUT2D eigenvalue weighted by Crippen LogP contribution is 2.67. The molecule has 0 radical (unpaired) electrons. The van der Waals surface area contributed by atoms with Gasteiger partial charge in [0.2, 0.25) is 12.1 Å². The van der Waals surface area contributed by atoms with Gasteiger partial charge in [0.15, 0.2) is 6.54 Å². The number of imidazole rings is 1. The summed E-state index contributed by atoms with van der Waals surface area (Å²) >= 11 is 0. The van der Waals surface area contributed by atoms with Gasteiger partial charge in [0.1, 0.15) is 18.4 Å². The summed E-state index contributed by atoms with van der Waals surface area (Å²) in [4.78, 5) is 13.2. The Kier molecular flexibility index (Phi) is 6.91. The van der Waals surface area contributed by atoms with Crippen LogP contribution in [0.5, 0.6) is 0 Å². The number of aromatic nitrogens is 2. The van der Waals surface area contributed by atoms with Gasteiger partial charge >= 0.3 is 0 Å². The van der Waals surface area contributed by atoms with Crippen LogP contribution >= 0.6 is 0 Å². The summed E-state index contributed by atoms with van der Waals surface area (Å²) in [6.45, 7) is 5.45. The van der Waals surface area contributed by atoms with Crippen LogP contribution in [0.15, 0.2) is 72.8 Å². The maximum absolute atomic E-state index is 13.2. The highest BCUT2D eigenvalue weighted by atomic mass is 79.9. The van der Waals surface area contributed by atoms with Gasteiger partial charge in [0, 0.05) is 11.0 Å². The Balaban J connectivity index is 0.00000277. The molecule has 2 aromatic carbocycles. The maximum Gasteiger partial charge on any atom is 0.244 e. The van der Waals surface area contributed by atoms with Gasteiger partial charge < -0.3 is 22.1 Å². The molecule has 1 aromatic heterocycles. The second-order valence-electron chi connectivity index (χ2n) is 13.3. The fraction of sp³-hybridized carbons (Fsp3) is 0.529. The molecule has 1 N–H and O–H groups in total. The average molecular weight is 590 g/mol. The number of aliphatic hydroxyl groups is 1. The van der Waals surface area contributed by atoms with Crippen LogP contribution in [0.2, 0.25) is 0 Å². The molecular weight excluding hydrogens is 548 g/mol. The van der Waals surface area contributed by atoms with Crippen molar-refractivity contribution in [2.24, 2.45) is 28.6 Å². The molecule has 4 aliphatic carbocycles. The van der Waals surface area contributed by atoms with Gasteiger partial charge in [-0.05, 0) is 91.4 Å². The summed E-state index contributed by atoms with van der Waals surface area (Å²) in [6.07, 6.45) is 18.2. The highest BCUT2D eigenvalue weighted by molar-refractivity contribution is 5.99. The van der Waals surface area contributed by atoms with Gasteiger partial charge in [-0.25, -0.2) is 9.13 Å². The number of carbonyl (C=O) groups excluding carboxylic acids is 1. The first-order valence-electron chi connectivity index (χ1n) is 14.8. The van der Waals surface area contributed by atoms with E-state index in [4.69, 9.17) is 0 Å². The van der Waals surface area contributed by atoms with Crippen LogP contribution in [0.4, 0.5) is 0 Å². The Labute approximate surface area is 242 Å². The summed E-state index contributed by atoms with van der Waals surface area (Å²) in [6, 6.07) is 14.7. The molecule has 3 saturated carbocycles. The van der Waals surface area contributed by atoms with E-state index in [1.807, 2.05) is 30.3 Å². The van der Waals surface area contributed by atoms with Gasteiger partial charge in [-0.3, -0.25) is 4.79 Å². The van der Waals surface area contributed by atoms with Crippen molar-refractivity contribution in [3.8, 4) is 0 Å². The lowest BCUT2D eigenvalue weighted by atomic mass is 9.48. The molecule has 0 saturated heterocycles. The predicted molar refractivity (Wildman–Crippen MR) is 150 cm³/mol. The third-order valence-electron chi connectivity index (χ3n) is 11.5. The van der Waals surface area contributed by atoms with Gasteiger partial charge in [0.05, 0.1) is 6.10 Å². The molecule has 3 fully saturated rings. The molecule has 0 unspecified atom stereocenters. The maximum atomic E-state index is 13.2. The van der Waals surface area contributed by atoms with Crippen LogP contribution < -0.4 is 21.5 Å². The molecule has 39 heavy (non-hydrogen) atoms. The smallest absolute Gasteiger partial charge is 0.244 e. The standard InChI is InChI=1S/C34H41N2O2.BrH/c1-33-15-13-27(37)20-26(33)9-10-28-29-11-12-32(34(29,2)16-14-30(28)33)36-18-17-35(22-36)21-31(38)25-8-7-23-5-3-4-6-24(23)19-25;/h3-9,17-19,22,27-30,32,37H,10-16,20-21H2,1-2H3;1H/q+1;/p-1/t27-,28-,29-,30-,32-,33-,34-;/m0./s1. The minimum Gasteiger partial charge on any atom is -1.00 e. The van der Waals surface area contributed by atoms with E-state index in [-0.39, 0.29) is 28.9 Å². The van der Waals surface area contributed by atoms with E-state index in [1.165, 1.54) is 37.5 Å². The van der Waals surface area contributed by atoms with Crippen LogP contribution in [-0.4, -0.2) is 21.6 Å². The van der Waals surface area contributed by atoms with E-state index in [0.717, 1.165) is 48.0 Å². The summed E-state index contributed by atoms with van der Waals surface area (Å²) in [5.74, 6) is 2.44. The predicted octanol–water partition coefficient (Wildman–Crippen LogP) is 3.68. The number of halogens is 1. The topological polar surface area (TPSA) is 46.1 Å². The fourth-order valence-electron chi connectivity index (χ4n) is 9.41. The van der Waals surface area contributed by atoms with Crippen LogP contribution in [0.25, 0.3) is 10.8 Å². The molecule has 206 valence electrons. The molecule has 0 spiro atoms. The quantitative estimate of drug-likeness (QED) is 0.287. The number of hydrogen-bond acceptors (Lipinski definition) is 2. The van der Waals surface area contributed by atoms with Gasteiger partial charge in [-0.1, -0.05) is 61.9 Å². The Hall–Kier alpha value is -2.24. The number of nitrogens with zero attached hydrogens (tertiary/aromatic N) is 2. The second kappa shape index (κ2) is 9.99. The summed E-state index contributed by atoms with van der Waals surface area (Å²) in [7, 11) is 0. The average Bonchev–Trinajstić information content (AvgIpc) is 3.52. The lowest BCUT2D eigenvalue weighted by Gasteiger charge is -2.57. The number of allylic oxidation sites excluding steroid dienone is 1. The van der Waals surface area contributed by atoms with Crippen molar-refractivity contribution in [3.05, 3.63) is 78.4 Å². The third-order valence-corrected chi connectivity index (χ3v) is 11.5. The fourth-order valence-corrected chi connectivity index (χ4v) is 9.41. The molecule has 0 amide bonds. The zero-order chi connectivity index (χ0) is 26.1. The summed E-state index contributed by atoms with van der Waals surface area (Å²) < 4.78 is 4.50. The monoisotopic (exact) mass is 588 g/mol. The largest absolute Gasteiger partial charge is 1.00 e. The first-order chi connectivity index (χ1) is 18.3. The van der Waals surface area contributed by atoms with Gasteiger partial charge in [-0.15, -0.1) is 0 Å². The van der Waals surface area contributed by atoms with Crippen LogP contribution in [-0.2, 0) is 6.54 Å². The van der Waals surface area contributed by atoms with E-state index in [1.54, 1.807) is 5.57 Å². The SMILES string of the molecule is C[C@]12CC[C@H]3[C@@H](CC=C4C[C@@H](O)CC[C@@]43C)[C@@H]1CC[C@@H]2n1cc[n+](CC(=O)c2ccc3ccccc3c2)c1.[Br-]. The molecule has 3 aromatic rings. The number of fused-ring (bicyclic) bond motifs is 6. The van der Waals surface area contributed by atoms with Crippen LogP contribution in [0, 0.1) is 28.6 Å². The second-order valence-corrected chi connectivity index (χ2v) is 13.3. The molecule has 0 aliphatic heterocycles. The Morgan fingerprint density at radius 3 is 2.69 bits per heavy atom. The number of hydrogen-bond donors (Lipinski definition) is 1. The number of carbonyl (C=O) groups is 1. The van der Waals surface area contributed by atoms with E-state index >= 15 is 0 Å². The minimum absolute atomic E-state index is 0. The number of rotatable bonds is 4. The van der Waals surface area contributed by atoms with Crippen molar-refractivity contribution >= 4 is 16.6 Å². The Morgan fingerprint density at radius 2 is 1.85 bits per heavy atom. The zero-order valence-corrected chi connectivity index (χ0v) is 24.8. The van der Waals surface area contributed by atoms with Crippen molar-refractivity contribution < 1.29 is 31.4 Å². The number of aliphatic hydroxyl groups excluding tert-OH is 1. The lowest BCUT2D eigenvalue weighted by molar-refractivity contribution is -0.682. The van der Waals surface area contributed by atoms with Crippen LogP contribution in [0.3, 0.4) is 0 Å². The normalized spacial score (nSPS) is 35.4. The molecule has 5 heteroatoms. The van der Waals surface area contributed by atoms with Gasteiger partial charge in [-0.2, -0.15) is 0 Å². The number of benzene rings is 2. The molecule has 7 rings (SSSR count). The minimum atomic E-state index is -0.135. The molecular formula is C34H41BrN2O2.